The van der Waals surface area contributed by atoms with E-state index < -0.39 is 0 Å². The van der Waals surface area contributed by atoms with Crippen molar-refractivity contribution >= 4 is 0 Å². The van der Waals surface area contributed by atoms with Crippen molar-refractivity contribution in [3.63, 3.8) is 0 Å². The molecule has 15 heavy (non-hydrogen) atoms. The molecule has 92 valence electrons. The van der Waals surface area contributed by atoms with Crippen LogP contribution >= 0.6 is 0 Å². The Morgan fingerprint density at radius 3 is 1.73 bits per heavy atom. The fraction of sp³-hybridized carbons (Fsp3) is 1.00. The van der Waals surface area contributed by atoms with Crippen LogP contribution in [0.4, 0.5) is 0 Å². The molecule has 0 radical (unpaired) electrons. The van der Waals surface area contributed by atoms with Crippen LogP contribution in [-0.2, 0) is 18.9 Å². The van der Waals surface area contributed by atoms with E-state index >= 15 is 0 Å². The maximum atomic E-state index is 8.29. The van der Waals surface area contributed by atoms with Crippen LogP contribution in [0.25, 0.3) is 0 Å². The van der Waals surface area contributed by atoms with Crippen molar-refractivity contribution in [3.8, 4) is 0 Å². The summed E-state index contributed by atoms with van der Waals surface area (Å²) in [5, 5.41) is 8.29. The maximum Gasteiger partial charge on any atom is 0.143 e. The van der Waals surface area contributed by atoms with Crippen molar-refractivity contribution < 1.29 is 24.1 Å². The minimum Gasteiger partial charge on any atom is -0.377 e. The van der Waals surface area contributed by atoms with Crippen LogP contribution < -0.4 is 0 Å². The lowest BCUT2D eigenvalue weighted by Crippen LogP contribution is -2.13. The highest BCUT2D eigenvalue weighted by molar-refractivity contribution is 4.37. The zero-order chi connectivity index (χ0) is 11.4. The summed E-state index contributed by atoms with van der Waals surface area (Å²) in [6.07, 6.45) is 0.250. The molecule has 0 rings (SSSR count). The summed E-state index contributed by atoms with van der Waals surface area (Å²) in [5.74, 6) is 0. The Kier molecular flexibility index (Phi) is 11.7. The van der Waals surface area contributed by atoms with Gasteiger partial charge in [-0.15, -0.1) is 0 Å². The minimum atomic E-state index is -0.258. The Labute approximate surface area is 91.3 Å². The highest BCUT2D eigenvalue weighted by Gasteiger charge is 1.93. The molecule has 5 nitrogen and oxygen atoms in total. The lowest BCUT2D eigenvalue weighted by atomic mass is 10.5. The quantitative estimate of drug-likeness (QED) is 0.405. The maximum absolute atomic E-state index is 8.29. The van der Waals surface area contributed by atoms with Crippen molar-refractivity contribution in [2.75, 3.05) is 46.4 Å². The SMILES string of the molecule is CC(C)OCCOCCOCCOCO. The van der Waals surface area contributed by atoms with E-state index in [1.165, 1.54) is 0 Å². The predicted octanol–water partition coefficient (Wildman–Crippen LogP) is 0.411. The van der Waals surface area contributed by atoms with Gasteiger partial charge in [-0.1, -0.05) is 0 Å². The van der Waals surface area contributed by atoms with E-state index in [2.05, 4.69) is 4.74 Å². The zero-order valence-electron chi connectivity index (χ0n) is 9.61. The first-order chi connectivity index (χ1) is 7.27. The molecule has 0 aromatic rings. The van der Waals surface area contributed by atoms with E-state index in [1.807, 2.05) is 13.8 Å². The summed E-state index contributed by atoms with van der Waals surface area (Å²) in [4.78, 5) is 0. The summed E-state index contributed by atoms with van der Waals surface area (Å²) >= 11 is 0. The van der Waals surface area contributed by atoms with Gasteiger partial charge in [0.2, 0.25) is 0 Å². The van der Waals surface area contributed by atoms with E-state index in [4.69, 9.17) is 19.3 Å². The summed E-state index contributed by atoms with van der Waals surface area (Å²) in [6.45, 7) is 6.91. The molecule has 0 spiro atoms. The molecule has 0 aromatic carbocycles. The summed E-state index contributed by atoms with van der Waals surface area (Å²) in [5.41, 5.74) is 0. The lowest BCUT2D eigenvalue weighted by molar-refractivity contribution is -0.0413. The Bertz CT molecular complexity index is 118. The first-order valence-corrected chi connectivity index (χ1v) is 5.23. The molecular formula is C10H22O5. The van der Waals surface area contributed by atoms with Crippen LogP contribution in [0.5, 0.6) is 0 Å². The number of rotatable bonds is 11. The Hall–Kier alpha value is -0.200. The first-order valence-electron chi connectivity index (χ1n) is 5.23. The van der Waals surface area contributed by atoms with E-state index in [0.717, 1.165) is 0 Å². The second-order valence-corrected chi connectivity index (χ2v) is 3.18. The molecule has 0 amide bonds. The van der Waals surface area contributed by atoms with Gasteiger partial charge >= 0.3 is 0 Å². The molecule has 0 aliphatic rings. The molecule has 0 aliphatic carbocycles. The number of aliphatic hydroxyl groups excluding tert-OH is 1. The zero-order valence-corrected chi connectivity index (χ0v) is 9.61. The van der Waals surface area contributed by atoms with Gasteiger partial charge in [-0.05, 0) is 13.8 Å². The molecule has 5 heteroatoms. The summed E-state index contributed by atoms with van der Waals surface area (Å²) in [6, 6.07) is 0. The second-order valence-electron chi connectivity index (χ2n) is 3.18. The number of hydrogen-bond acceptors (Lipinski definition) is 5. The van der Waals surface area contributed by atoms with E-state index in [0.29, 0.717) is 39.6 Å². The first kappa shape index (κ1) is 14.8. The average Bonchev–Trinajstić information content (AvgIpc) is 2.20. The smallest absolute Gasteiger partial charge is 0.143 e. The highest BCUT2D eigenvalue weighted by Crippen LogP contribution is 1.87. The van der Waals surface area contributed by atoms with Gasteiger partial charge in [0.25, 0.3) is 0 Å². The average molecular weight is 222 g/mol. The van der Waals surface area contributed by atoms with Gasteiger partial charge in [-0.3, -0.25) is 0 Å². The molecular weight excluding hydrogens is 200 g/mol. The molecule has 0 unspecified atom stereocenters. The molecule has 0 saturated heterocycles. The fourth-order valence-electron chi connectivity index (χ4n) is 0.847. The second kappa shape index (κ2) is 11.9. The molecule has 1 N–H and O–H groups in total. The van der Waals surface area contributed by atoms with Gasteiger partial charge < -0.3 is 24.1 Å². The largest absolute Gasteiger partial charge is 0.377 e. The molecule has 0 saturated carbocycles. The molecule has 0 bridgehead atoms. The van der Waals surface area contributed by atoms with Crippen LogP contribution in [0.15, 0.2) is 0 Å². The van der Waals surface area contributed by atoms with Gasteiger partial charge in [0.1, 0.15) is 6.79 Å². The van der Waals surface area contributed by atoms with E-state index in [-0.39, 0.29) is 12.9 Å². The van der Waals surface area contributed by atoms with E-state index in [9.17, 15) is 0 Å². The number of aliphatic hydroxyl groups is 1. The highest BCUT2D eigenvalue weighted by atomic mass is 16.6. The van der Waals surface area contributed by atoms with Crippen LogP contribution in [-0.4, -0.2) is 57.6 Å². The van der Waals surface area contributed by atoms with Gasteiger partial charge in [0, 0.05) is 0 Å². The van der Waals surface area contributed by atoms with Crippen molar-refractivity contribution in [2.45, 2.75) is 20.0 Å². The predicted molar refractivity (Wildman–Crippen MR) is 55.8 cm³/mol. The van der Waals surface area contributed by atoms with Crippen molar-refractivity contribution in [2.24, 2.45) is 0 Å². The topological polar surface area (TPSA) is 57.2 Å². The molecule has 0 aliphatic heterocycles. The van der Waals surface area contributed by atoms with Crippen molar-refractivity contribution in [1.82, 2.24) is 0 Å². The van der Waals surface area contributed by atoms with Crippen molar-refractivity contribution in [3.05, 3.63) is 0 Å². The van der Waals surface area contributed by atoms with Crippen LogP contribution in [0.1, 0.15) is 13.8 Å². The van der Waals surface area contributed by atoms with Gasteiger partial charge in [-0.2, -0.15) is 0 Å². The fourth-order valence-corrected chi connectivity index (χ4v) is 0.847. The lowest BCUT2D eigenvalue weighted by Gasteiger charge is -2.08. The Morgan fingerprint density at radius 1 is 0.800 bits per heavy atom. The van der Waals surface area contributed by atoms with Crippen molar-refractivity contribution in [1.29, 1.82) is 0 Å². The summed E-state index contributed by atoms with van der Waals surface area (Å²) < 4.78 is 20.4. The standard InChI is InChI=1S/C10H22O5/c1-10(2)15-8-7-13-4-3-12-5-6-14-9-11/h10-11H,3-9H2,1-2H3. The van der Waals surface area contributed by atoms with Crippen LogP contribution in [0.2, 0.25) is 0 Å². The van der Waals surface area contributed by atoms with Gasteiger partial charge in [0.05, 0.1) is 45.7 Å². The Balaban J connectivity index is 2.87. The third kappa shape index (κ3) is 13.8. The molecule has 0 atom stereocenters. The minimum absolute atomic E-state index is 0.250. The van der Waals surface area contributed by atoms with Gasteiger partial charge in [-0.25, -0.2) is 0 Å². The molecule has 0 aromatic heterocycles. The molecule has 0 heterocycles. The Morgan fingerprint density at radius 2 is 1.27 bits per heavy atom. The third-order valence-electron chi connectivity index (χ3n) is 1.51. The number of hydrogen-bond donors (Lipinski definition) is 1. The monoisotopic (exact) mass is 222 g/mol. The van der Waals surface area contributed by atoms with Gasteiger partial charge in [0.15, 0.2) is 0 Å². The number of ether oxygens (including phenoxy) is 4. The van der Waals surface area contributed by atoms with Crippen LogP contribution in [0.3, 0.4) is 0 Å². The molecule has 0 fully saturated rings. The third-order valence-corrected chi connectivity index (χ3v) is 1.51. The normalized spacial score (nSPS) is 11.2. The van der Waals surface area contributed by atoms with Crippen LogP contribution in [0, 0.1) is 0 Å². The summed E-state index contributed by atoms with van der Waals surface area (Å²) in [7, 11) is 0. The van der Waals surface area contributed by atoms with E-state index in [1.54, 1.807) is 0 Å².